The predicted molar refractivity (Wildman–Crippen MR) is 105 cm³/mol. The lowest BCUT2D eigenvalue weighted by atomic mass is 9.96. The summed E-state index contributed by atoms with van der Waals surface area (Å²) in [6.45, 7) is 0. The van der Waals surface area contributed by atoms with E-state index in [0.29, 0.717) is 23.9 Å². The molecule has 1 fully saturated rings. The first-order valence-electron chi connectivity index (χ1n) is 9.11. The van der Waals surface area contributed by atoms with Crippen LogP contribution in [0.3, 0.4) is 0 Å². The minimum Gasteiger partial charge on any atom is -0.420 e. The van der Waals surface area contributed by atoms with E-state index in [1.54, 1.807) is 29.5 Å². The number of amides is 2. The number of piperidine rings is 1. The Balaban J connectivity index is 1.42. The molecule has 1 saturated heterocycles. The highest BCUT2D eigenvalue weighted by atomic mass is 32.1. The van der Waals surface area contributed by atoms with Gasteiger partial charge in [-0.25, -0.2) is 9.78 Å². The molecule has 8 heteroatoms. The standard InChI is InChI=1S/C20H19N3O4S/c24-17(10-8-14-20(26)27-15-5-2-1-4-12(15)21-14)22-13-7-9-18(25)23-19(13)16-6-3-11-28-16/h1-6,11,13,19H,7-10H2,(H,22,24)(H,23,25)/t13-,19-/m1/s1. The fourth-order valence-electron chi connectivity index (χ4n) is 3.35. The Labute approximate surface area is 164 Å². The van der Waals surface area contributed by atoms with Crippen molar-refractivity contribution in [1.29, 1.82) is 0 Å². The Morgan fingerprint density at radius 1 is 1.25 bits per heavy atom. The minimum atomic E-state index is -0.520. The second-order valence-corrected chi connectivity index (χ2v) is 7.67. The van der Waals surface area contributed by atoms with Gasteiger partial charge in [0.2, 0.25) is 11.8 Å². The van der Waals surface area contributed by atoms with Crippen LogP contribution in [0.1, 0.15) is 35.9 Å². The summed E-state index contributed by atoms with van der Waals surface area (Å²) < 4.78 is 5.26. The van der Waals surface area contributed by atoms with E-state index in [2.05, 4.69) is 15.6 Å². The average Bonchev–Trinajstić information content (AvgIpc) is 3.22. The number of carbonyl (C=O) groups is 2. The van der Waals surface area contributed by atoms with Crippen LogP contribution in [0.2, 0.25) is 0 Å². The zero-order chi connectivity index (χ0) is 19.5. The molecule has 2 N–H and O–H groups in total. The second kappa shape index (κ2) is 7.93. The van der Waals surface area contributed by atoms with E-state index >= 15 is 0 Å². The molecule has 7 nitrogen and oxygen atoms in total. The van der Waals surface area contributed by atoms with E-state index in [1.807, 2.05) is 23.6 Å². The number of para-hydroxylation sites is 2. The third-order valence-electron chi connectivity index (χ3n) is 4.75. The molecule has 0 aliphatic carbocycles. The van der Waals surface area contributed by atoms with Gasteiger partial charge in [-0.15, -0.1) is 11.3 Å². The Kier molecular flexibility index (Phi) is 5.21. The van der Waals surface area contributed by atoms with Gasteiger partial charge in [0.25, 0.3) is 0 Å². The van der Waals surface area contributed by atoms with Crippen molar-refractivity contribution >= 4 is 34.3 Å². The molecule has 0 unspecified atom stereocenters. The van der Waals surface area contributed by atoms with E-state index in [1.165, 1.54) is 0 Å². The highest BCUT2D eigenvalue weighted by Gasteiger charge is 2.31. The molecule has 2 aromatic heterocycles. The lowest BCUT2D eigenvalue weighted by molar-refractivity contribution is -0.127. The van der Waals surface area contributed by atoms with Gasteiger partial charge in [0, 0.05) is 24.1 Å². The van der Waals surface area contributed by atoms with Crippen molar-refractivity contribution in [2.45, 2.75) is 37.8 Å². The van der Waals surface area contributed by atoms with Crippen LogP contribution in [0, 0.1) is 0 Å². The topological polar surface area (TPSA) is 101 Å². The van der Waals surface area contributed by atoms with Crippen LogP contribution in [0.25, 0.3) is 11.1 Å². The van der Waals surface area contributed by atoms with Crippen LogP contribution in [0.15, 0.2) is 51.0 Å². The molecule has 0 spiro atoms. The van der Waals surface area contributed by atoms with E-state index in [0.717, 1.165) is 4.88 Å². The summed E-state index contributed by atoms with van der Waals surface area (Å²) in [5, 5.41) is 7.90. The average molecular weight is 397 g/mol. The Hall–Kier alpha value is -3.00. The first kappa shape index (κ1) is 18.4. The van der Waals surface area contributed by atoms with Crippen LogP contribution in [-0.2, 0) is 16.0 Å². The molecule has 0 bridgehead atoms. The number of fused-ring (bicyclic) bond motifs is 1. The van der Waals surface area contributed by atoms with Crippen molar-refractivity contribution in [3.8, 4) is 0 Å². The van der Waals surface area contributed by atoms with E-state index in [4.69, 9.17) is 4.42 Å². The molecular weight excluding hydrogens is 378 g/mol. The summed E-state index contributed by atoms with van der Waals surface area (Å²) in [5.41, 5.74) is 0.733. The maximum absolute atomic E-state index is 12.5. The van der Waals surface area contributed by atoms with Gasteiger partial charge in [0.15, 0.2) is 5.58 Å². The van der Waals surface area contributed by atoms with Crippen molar-refractivity contribution in [3.05, 3.63) is 62.8 Å². The molecule has 4 rings (SSSR count). The number of rotatable bonds is 5. The van der Waals surface area contributed by atoms with Gasteiger partial charge in [-0.2, -0.15) is 0 Å². The van der Waals surface area contributed by atoms with E-state index in [-0.39, 0.29) is 42.4 Å². The first-order valence-corrected chi connectivity index (χ1v) is 9.99. The van der Waals surface area contributed by atoms with Gasteiger partial charge in [0.05, 0.1) is 12.1 Å². The molecule has 1 aliphatic rings. The summed E-state index contributed by atoms with van der Waals surface area (Å²) >= 11 is 1.55. The van der Waals surface area contributed by atoms with Gasteiger partial charge in [-0.05, 0) is 30.0 Å². The molecule has 2 atom stereocenters. The summed E-state index contributed by atoms with van der Waals surface area (Å²) in [6, 6.07) is 10.5. The van der Waals surface area contributed by atoms with E-state index in [9.17, 15) is 14.4 Å². The maximum atomic E-state index is 12.5. The number of nitrogens with one attached hydrogen (secondary N) is 2. The zero-order valence-electron chi connectivity index (χ0n) is 15.0. The SMILES string of the molecule is O=C(CCc1nc2ccccc2oc1=O)N[C@@H]1CCC(=O)N[C@H]1c1cccs1. The minimum absolute atomic E-state index is 0.0122. The van der Waals surface area contributed by atoms with Crippen LogP contribution < -0.4 is 16.3 Å². The van der Waals surface area contributed by atoms with Gasteiger partial charge in [0.1, 0.15) is 11.2 Å². The molecule has 3 heterocycles. The molecule has 1 aromatic carbocycles. The number of benzene rings is 1. The normalized spacial score (nSPS) is 19.4. The van der Waals surface area contributed by atoms with Crippen molar-refractivity contribution in [1.82, 2.24) is 15.6 Å². The van der Waals surface area contributed by atoms with Crippen molar-refractivity contribution < 1.29 is 14.0 Å². The molecule has 0 radical (unpaired) electrons. The first-order chi connectivity index (χ1) is 13.6. The van der Waals surface area contributed by atoms with Crippen LogP contribution >= 0.6 is 11.3 Å². The van der Waals surface area contributed by atoms with Gasteiger partial charge in [-0.1, -0.05) is 18.2 Å². The summed E-state index contributed by atoms with van der Waals surface area (Å²) in [6.07, 6.45) is 1.28. The number of hydrogen-bond acceptors (Lipinski definition) is 6. The van der Waals surface area contributed by atoms with Crippen molar-refractivity contribution in [2.24, 2.45) is 0 Å². The van der Waals surface area contributed by atoms with Crippen LogP contribution in [0.4, 0.5) is 0 Å². The third-order valence-corrected chi connectivity index (χ3v) is 5.70. The monoisotopic (exact) mass is 397 g/mol. The highest BCUT2D eigenvalue weighted by Crippen LogP contribution is 2.27. The molecule has 28 heavy (non-hydrogen) atoms. The second-order valence-electron chi connectivity index (χ2n) is 6.69. The van der Waals surface area contributed by atoms with Crippen molar-refractivity contribution in [2.75, 3.05) is 0 Å². The molecule has 1 aliphatic heterocycles. The highest BCUT2D eigenvalue weighted by molar-refractivity contribution is 7.10. The number of aryl methyl sites for hydroxylation is 1. The zero-order valence-corrected chi connectivity index (χ0v) is 15.8. The van der Waals surface area contributed by atoms with Gasteiger partial charge < -0.3 is 15.1 Å². The summed E-state index contributed by atoms with van der Waals surface area (Å²) in [4.78, 5) is 41.7. The van der Waals surface area contributed by atoms with E-state index < -0.39 is 5.63 Å². The molecule has 3 aromatic rings. The lowest BCUT2D eigenvalue weighted by Crippen LogP contribution is -2.49. The predicted octanol–water partition coefficient (Wildman–Crippen LogP) is 2.32. The van der Waals surface area contributed by atoms with Crippen LogP contribution in [0.5, 0.6) is 0 Å². The number of hydrogen-bond donors (Lipinski definition) is 2. The maximum Gasteiger partial charge on any atom is 0.358 e. The number of nitrogens with zero attached hydrogens (tertiary/aromatic N) is 1. The summed E-state index contributed by atoms with van der Waals surface area (Å²) in [7, 11) is 0. The fraction of sp³-hybridized carbons (Fsp3) is 0.300. The Bertz CT molecular complexity index is 1060. The quantitative estimate of drug-likeness (QED) is 0.688. The molecule has 144 valence electrons. The van der Waals surface area contributed by atoms with Crippen molar-refractivity contribution in [3.63, 3.8) is 0 Å². The molecule has 0 saturated carbocycles. The van der Waals surface area contributed by atoms with Gasteiger partial charge >= 0.3 is 5.63 Å². The third kappa shape index (κ3) is 3.96. The fourth-order valence-corrected chi connectivity index (χ4v) is 4.19. The Morgan fingerprint density at radius 2 is 2.11 bits per heavy atom. The molecule has 2 amide bonds. The number of carbonyl (C=O) groups excluding carboxylic acids is 2. The largest absolute Gasteiger partial charge is 0.420 e. The smallest absolute Gasteiger partial charge is 0.358 e. The summed E-state index contributed by atoms with van der Waals surface area (Å²) in [5.74, 6) is -0.195. The van der Waals surface area contributed by atoms with Crippen LogP contribution in [-0.4, -0.2) is 22.8 Å². The lowest BCUT2D eigenvalue weighted by Gasteiger charge is -2.32. The number of thiophene rings is 1. The number of aromatic nitrogens is 1. The molecular formula is C20H19N3O4S. The van der Waals surface area contributed by atoms with Gasteiger partial charge in [-0.3, -0.25) is 9.59 Å². The Morgan fingerprint density at radius 3 is 2.93 bits per heavy atom.